The molecule has 0 radical (unpaired) electrons. The number of anilines is 1. The Hall–Kier alpha value is -4.07. The number of likely N-dealkylation sites (N-methyl/N-ethyl adjacent to an activating group) is 1. The molecule has 2 unspecified atom stereocenters. The zero-order chi connectivity index (χ0) is 27.6. The topological polar surface area (TPSA) is 112 Å². The molecule has 2 atom stereocenters. The maximum Gasteiger partial charge on any atom is 0.319 e. The molecule has 0 aliphatic carbocycles. The maximum atomic E-state index is 14.3. The summed E-state index contributed by atoms with van der Waals surface area (Å²) in [7, 11) is 2.10. The highest BCUT2D eigenvalue weighted by molar-refractivity contribution is 5.91. The van der Waals surface area contributed by atoms with Crippen LogP contribution in [-0.4, -0.2) is 76.3 Å². The fourth-order valence-corrected chi connectivity index (χ4v) is 5.88. The summed E-state index contributed by atoms with van der Waals surface area (Å²) in [6.45, 7) is 5.46. The number of aryl methyl sites for hydroxylation is 1. The van der Waals surface area contributed by atoms with E-state index in [0.717, 1.165) is 35.8 Å². The molecule has 2 aromatic carbocycles. The van der Waals surface area contributed by atoms with Crippen LogP contribution in [0.3, 0.4) is 0 Å². The van der Waals surface area contributed by atoms with Crippen molar-refractivity contribution < 1.29 is 4.74 Å². The number of aromatic nitrogens is 4. The summed E-state index contributed by atoms with van der Waals surface area (Å²) < 4.78 is 7.85. The maximum absolute atomic E-state index is 14.3. The Labute approximate surface area is 233 Å². The van der Waals surface area contributed by atoms with Crippen LogP contribution in [0.1, 0.15) is 32.0 Å². The van der Waals surface area contributed by atoms with Crippen LogP contribution in [0.2, 0.25) is 0 Å². The van der Waals surface area contributed by atoms with Crippen molar-refractivity contribution in [2.45, 2.75) is 44.7 Å². The highest BCUT2D eigenvalue weighted by Crippen LogP contribution is 2.28. The first kappa shape index (κ1) is 26.2. The highest BCUT2D eigenvalue weighted by atomic mass is 16.5. The summed E-state index contributed by atoms with van der Waals surface area (Å²) in [5, 5.41) is 14.7. The molecule has 10 heteroatoms. The monoisotopic (exact) mass is 538 g/mol. The number of hydrogen-bond donors (Lipinski definition) is 1. The number of ether oxygens (including phenoxy) is 1. The number of nitrogens with one attached hydrogen (secondary N) is 1. The van der Waals surface area contributed by atoms with Gasteiger partial charge in [-0.3, -0.25) is 9.36 Å². The van der Waals surface area contributed by atoms with Gasteiger partial charge in [0.1, 0.15) is 17.9 Å². The summed E-state index contributed by atoms with van der Waals surface area (Å²) in [4.78, 5) is 33.2. The van der Waals surface area contributed by atoms with E-state index in [9.17, 15) is 10.1 Å². The van der Waals surface area contributed by atoms with Gasteiger partial charge in [-0.25, -0.2) is 4.98 Å². The third kappa shape index (κ3) is 4.87. The number of benzene rings is 2. The summed E-state index contributed by atoms with van der Waals surface area (Å²) >= 11 is 0. The Morgan fingerprint density at radius 1 is 1.10 bits per heavy atom. The summed E-state index contributed by atoms with van der Waals surface area (Å²) in [6, 6.07) is 16.7. The minimum Gasteiger partial charge on any atom is -0.462 e. The first-order valence-electron chi connectivity index (χ1n) is 14.1. The van der Waals surface area contributed by atoms with E-state index in [1.165, 1.54) is 0 Å². The molecule has 0 saturated carbocycles. The average molecular weight is 539 g/mol. The van der Waals surface area contributed by atoms with Gasteiger partial charge in [-0.1, -0.05) is 43.3 Å². The van der Waals surface area contributed by atoms with Gasteiger partial charge in [0.25, 0.3) is 5.56 Å². The number of hydrogen-bond acceptors (Lipinski definition) is 9. The van der Waals surface area contributed by atoms with Crippen molar-refractivity contribution >= 4 is 27.6 Å². The Morgan fingerprint density at radius 2 is 1.95 bits per heavy atom. The number of likely N-dealkylation sites (tertiary alicyclic amines) is 1. The van der Waals surface area contributed by atoms with Crippen molar-refractivity contribution in [2.75, 3.05) is 44.7 Å². The molecule has 6 rings (SSSR count). The van der Waals surface area contributed by atoms with Gasteiger partial charge in [0.15, 0.2) is 11.3 Å². The van der Waals surface area contributed by atoms with E-state index >= 15 is 0 Å². The molecule has 0 spiro atoms. The molecular formula is C30H34N8O2. The predicted octanol–water partition coefficient (Wildman–Crippen LogP) is 3.06. The molecule has 0 bridgehead atoms. The lowest BCUT2D eigenvalue weighted by atomic mass is 10.1. The van der Waals surface area contributed by atoms with Crippen molar-refractivity contribution in [3.63, 3.8) is 0 Å². The normalized spacial score (nSPS) is 19.8. The highest BCUT2D eigenvalue weighted by Gasteiger charge is 2.27. The van der Waals surface area contributed by atoms with E-state index in [4.69, 9.17) is 14.7 Å². The quantitative estimate of drug-likeness (QED) is 0.379. The average Bonchev–Trinajstić information content (AvgIpc) is 3.40. The van der Waals surface area contributed by atoms with Gasteiger partial charge in [-0.05, 0) is 37.9 Å². The molecule has 0 amide bonds. The lowest BCUT2D eigenvalue weighted by Crippen LogP contribution is -2.51. The molecule has 4 heterocycles. The van der Waals surface area contributed by atoms with Gasteiger partial charge < -0.3 is 19.9 Å². The fraction of sp³-hybridized carbons (Fsp3) is 0.433. The van der Waals surface area contributed by atoms with Gasteiger partial charge in [-0.2, -0.15) is 15.2 Å². The molecule has 40 heavy (non-hydrogen) atoms. The van der Waals surface area contributed by atoms with E-state index in [0.29, 0.717) is 56.2 Å². The minimum atomic E-state index is -0.242. The van der Waals surface area contributed by atoms with E-state index in [1.54, 1.807) is 4.57 Å². The molecule has 1 N–H and O–H groups in total. The molecule has 2 saturated heterocycles. The Balaban J connectivity index is 1.52. The fourth-order valence-electron chi connectivity index (χ4n) is 5.88. The van der Waals surface area contributed by atoms with Gasteiger partial charge in [0.05, 0.1) is 18.2 Å². The summed E-state index contributed by atoms with van der Waals surface area (Å²) in [5.74, 6) is 1.23. The van der Waals surface area contributed by atoms with Crippen molar-refractivity contribution in [1.29, 1.82) is 5.26 Å². The first-order valence-corrected chi connectivity index (χ1v) is 14.1. The number of fused-ring (bicyclic) bond motifs is 2. The standard InChI is InChI=1S/C30H34N8O2/c1-3-25-33-26-27(29(39)38(25)24-12-6-9-20-8-4-5-11-23(20)24)34-30(40-19-22-10-7-16-36(22)2)35-28(26)37-17-15-32-21(18-37)13-14-31/h4-6,8-9,11-12,21-22,32H,3,7,10,13,15-19H2,1-2H3. The Kier molecular flexibility index (Phi) is 7.32. The van der Waals surface area contributed by atoms with Crippen LogP contribution < -0.4 is 20.5 Å². The number of nitrogens with zero attached hydrogens (tertiary/aromatic N) is 7. The third-order valence-electron chi connectivity index (χ3n) is 8.04. The molecular weight excluding hydrogens is 504 g/mol. The van der Waals surface area contributed by atoms with Crippen LogP contribution in [0.25, 0.3) is 27.5 Å². The third-order valence-corrected chi connectivity index (χ3v) is 8.04. The lowest BCUT2D eigenvalue weighted by Gasteiger charge is -2.34. The van der Waals surface area contributed by atoms with E-state index in [-0.39, 0.29) is 29.2 Å². The van der Waals surface area contributed by atoms with Crippen molar-refractivity contribution in [1.82, 2.24) is 29.7 Å². The first-order chi connectivity index (χ1) is 19.6. The minimum absolute atomic E-state index is 0.00182. The zero-order valence-electron chi connectivity index (χ0n) is 23.0. The van der Waals surface area contributed by atoms with Crippen molar-refractivity contribution in [3.05, 3.63) is 58.6 Å². The molecule has 10 nitrogen and oxygen atoms in total. The van der Waals surface area contributed by atoms with Gasteiger partial charge in [0.2, 0.25) is 0 Å². The number of rotatable bonds is 7. The van der Waals surface area contributed by atoms with Crippen molar-refractivity contribution in [3.8, 4) is 17.8 Å². The Bertz CT molecular complexity index is 1640. The van der Waals surface area contributed by atoms with Crippen LogP contribution >= 0.6 is 0 Å². The van der Waals surface area contributed by atoms with Gasteiger partial charge >= 0.3 is 6.01 Å². The SMILES string of the molecule is CCc1nc2c(N3CCNC(CC#N)C3)nc(OCC3CCCN3C)nc2c(=O)n1-c1cccc2ccccc12. The van der Waals surface area contributed by atoms with E-state index < -0.39 is 0 Å². The molecule has 2 fully saturated rings. The molecule has 2 aliphatic heterocycles. The molecule has 206 valence electrons. The van der Waals surface area contributed by atoms with E-state index in [2.05, 4.69) is 33.2 Å². The molecule has 4 aromatic rings. The smallest absolute Gasteiger partial charge is 0.319 e. The van der Waals surface area contributed by atoms with Gasteiger partial charge in [0, 0.05) is 43.5 Å². The van der Waals surface area contributed by atoms with Crippen LogP contribution in [0.4, 0.5) is 5.82 Å². The van der Waals surface area contributed by atoms with Crippen LogP contribution in [-0.2, 0) is 6.42 Å². The second-order valence-corrected chi connectivity index (χ2v) is 10.6. The largest absolute Gasteiger partial charge is 0.462 e. The Morgan fingerprint density at radius 3 is 2.75 bits per heavy atom. The number of nitriles is 1. The second kappa shape index (κ2) is 11.2. The van der Waals surface area contributed by atoms with E-state index in [1.807, 2.05) is 49.4 Å². The van der Waals surface area contributed by atoms with Crippen LogP contribution in [0, 0.1) is 11.3 Å². The zero-order valence-corrected chi connectivity index (χ0v) is 23.0. The molecule has 2 aliphatic rings. The predicted molar refractivity (Wildman–Crippen MR) is 155 cm³/mol. The number of piperazine rings is 1. The van der Waals surface area contributed by atoms with Crippen LogP contribution in [0.15, 0.2) is 47.3 Å². The van der Waals surface area contributed by atoms with Crippen molar-refractivity contribution in [2.24, 2.45) is 0 Å². The summed E-state index contributed by atoms with van der Waals surface area (Å²) in [5.41, 5.74) is 1.25. The van der Waals surface area contributed by atoms with Crippen LogP contribution in [0.5, 0.6) is 6.01 Å². The van der Waals surface area contributed by atoms with Gasteiger partial charge in [-0.15, -0.1) is 0 Å². The summed E-state index contributed by atoms with van der Waals surface area (Å²) in [6.07, 6.45) is 3.13. The lowest BCUT2D eigenvalue weighted by molar-refractivity contribution is 0.188. The second-order valence-electron chi connectivity index (χ2n) is 10.6. The molecule has 2 aromatic heterocycles.